The van der Waals surface area contributed by atoms with Gasteiger partial charge in [0, 0.05) is 17.5 Å². The van der Waals surface area contributed by atoms with Crippen molar-refractivity contribution in [2.75, 3.05) is 6.54 Å². The van der Waals surface area contributed by atoms with Crippen molar-refractivity contribution in [1.29, 1.82) is 0 Å². The van der Waals surface area contributed by atoms with Crippen LogP contribution in [0.2, 0.25) is 5.02 Å². The molecule has 1 heterocycles. The molecule has 112 valence electrons. The summed E-state index contributed by atoms with van der Waals surface area (Å²) < 4.78 is 0. The summed E-state index contributed by atoms with van der Waals surface area (Å²) >= 11 is 7.82. The molecule has 1 aromatic rings. The number of hydrogen-bond donors (Lipinski definition) is 1. The van der Waals surface area contributed by atoms with Crippen molar-refractivity contribution in [3.8, 4) is 0 Å². The van der Waals surface area contributed by atoms with Gasteiger partial charge in [-0.1, -0.05) is 32.4 Å². The van der Waals surface area contributed by atoms with Crippen molar-refractivity contribution >= 4 is 23.4 Å². The molecule has 1 fully saturated rings. The Bertz CT molecular complexity index is 409. The standard InChI is InChI=1S/C16H25ClN2S/c1-4-7-18-14-9-11(2)8-12(3)16(14)20-15-6-5-13(17)10-19-15/h5-6,10-12,14,16,18H,4,7-9H2,1-3H3. The van der Waals surface area contributed by atoms with Crippen LogP contribution in [0.15, 0.2) is 23.4 Å². The molecule has 4 heteroatoms. The predicted molar refractivity (Wildman–Crippen MR) is 88.5 cm³/mol. The highest BCUT2D eigenvalue weighted by Crippen LogP contribution is 2.39. The van der Waals surface area contributed by atoms with Crippen LogP contribution in [-0.2, 0) is 0 Å². The SMILES string of the molecule is CCCNC1CC(C)CC(C)C1Sc1ccc(Cl)cn1. The van der Waals surface area contributed by atoms with Crippen LogP contribution in [-0.4, -0.2) is 22.8 Å². The summed E-state index contributed by atoms with van der Waals surface area (Å²) in [6, 6.07) is 4.56. The van der Waals surface area contributed by atoms with Crippen LogP contribution in [0.25, 0.3) is 0 Å². The summed E-state index contributed by atoms with van der Waals surface area (Å²) in [6.45, 7) is 8.09. The van der Waals surface area contributed by atoms with E-state index in [9.17, 15) is 0 Å². The van der Waals surface area contributed by atoms with E-state index in [2.05, 4.69) is 31.1 Å². The van der Waals surface area contributed by atoms with Crippen molar-refractivity contribution < 1.29 is 0 Å². The van der Waals surface area contributed by atoms with Gasteiger partial charge in [-0.2, -0.15) is 0 Å². The molecule has 1 aromatic heterocycles. The van der Waals surface area contributed by atoms with E-state index in [1.54, 1.807) is 6.20 Å². The Morgan fingerprint density at radius 2 is 2.15 bits per heavy atom. The van der Waals surface area contributed by atoms with Crippen molar-refractivity contribution in [2.45, 2.75) is 56.4 Å². The van der Waals surface area contributed by atoms with Crippen LogP contribution in [0.3, 0.4) is 0 Å². The Kier molecular flexibility index (Phi) is 6.19. The maximum absolute atomic E-state index is 5.92. The van der Waals surface area contributed by atoms with Crippen molar-refractivity contribution in [1.82, 2.24) is 10.3 Å². The number of rotatable bonds is 5. The van der Waals surface area contributed by atoms with E-state index in [0.717, 1.165) is 23.4 Å². The second-order valence-corrected chi connectivity index (χ2v) is 7.65. The van der Waals surface area contributed by atoms with Gasteiger partial charge in [0.05, 0.1) is 10.0 Å². The minimum absolute atomic E-state index is 0.594. The Balaban J connectivity index is 2.05. The maximum atomic E-state index is 5.92. The summed E-state index contributed by atoms with van der Waals surface area (Å²) in [5, 5.41) is 6.14. The third-order valence-electron chi connectivity index (χ3n) is 4.00. The third kappa shape index (κ3) is 4.37. The van der Waals surface area contributed by atoms with E-state index in [0.29, 0.717) is 16.3 Å². The molecule has 0 bridgehead atoms. The van der Waals surface area contributed by atoms with Crippen LogP contribution in [0.5, 0.6) is 0 Å². The highest BCUT2D eigenvalue weighted by molar-refractivity contribution is 7.99. The molecular formula is C16H25ClN2S. The van der Waals surface area contributed by atoms with E-state index in [1.807, 2.05) is 23.9 Å². The van der Waals surface area contributed by atoms with E-state index in [-0.39, 0.29) is 0 Å². The minimum Gasteiger partial charge on any atom is -0.313 e. The fourth-order valence-corrected chi connectivity index (χ4v) is 4.49. The largest absolute Gasteiger partial charge is 0.313 e. The average Bonchev–Trinajstić information content (AvgIpc) is 2.42. The number of nitrogens with zero attached hydrogens (tertiary/aromatic N) is 1. The van der Waals surface area contributed by atoms with Gasteiger partial charge in [-0.3, -0.25) is 0 Å². The van der Waals surface area contributed by atoms with Gasteiger partial charge in [-0.15, -0.1) is 11.8 Å². The van der Waals surface area contributed by atoms with Gasteiger partial charge >= 0.3 is 0 Å². The van der Waals surface area contributed by atoms with Gasteiger partial charge in [0.15, 0.2) is 0 Å². The summed E-state index contributed by atoms with van der Waals surface area (Å²) in [5.41, 5.74) is 0. The summed E-state index contributed by atoms with van der Waals surface area (Å²) in [6.07, 6.45) is 5.52. The number of thioether (sulfide) groups is 1. The normalized spacial score (nSPS) is 30.4. The van der Waals surface area contributed by atoms with Gasteiger partial charge < -0.3 is 5.32 Å². The van der Waals surface area contributed by atoms with E-state index < -0.39 is 0 Å². The molecule has 0 radical (unpaired) electrons. The number of halogens is 1. The Hall–Kier alpha value is -0.250. The lowest BCUT2D eigenvalue weighted by Crippen LogP contribution is -2.46. The molecule has 0 saturated heterocycles. The Morgan fingerprint density at radius 1 is 1.35 bits per heavy atom. The zero-order valence-corrected chi connectivity index (χ0v) is 14.2. The van der Waals surface area contributed by atoms with Crippen molar-refractivity contribution in [3.63, 3.8) is 0 Å². The van der Waals surface area contributed by atoms with Crippen LogP contribution in [0, 0.1) is 11.8 Å². The molecule has 1 aliphatic rings. The van der Waals surface area contributed by atoms with Crippen molar-refractivity contribution in [2.24, 2.45) is 11.8 Å². The first-order chi connectivity index (χ1) is 9.60. The second-order valence-electron chi connectivity index (χ2n) is 6.01. The molecule has 1 N–H and O–H groups in total. The average molecular weight is 313 g/mol. The van der Waals surface area contributed by atoms with E-state index >= 15 is 0 Å². The van der Waals surface area contributed by atoms with Gasteiger partial charge in [0.25, 0.3) is 0 Å². The second kappa shape index (κ2) is 7.67. The van der Waals surface area contributed by atoms with E-state index in [4.69, 9.17) is 11.6 Å². The molecule has 4 atom stereocenters. The Morgan fingerprint density at radius 3 is 2.80 bits per heavy atom. The van der Waals surface area contributed by atoms with Gasteiger partial charge in [0.1, 0.15) is 0 Å². The first-order valence-corrected chi connectivity index (χ1v) is 8.87. The van der Waals surface area contributed by atoms with Gasteiger partial charge in [-0.05, 0) is 49.8 Å². The summed E-state index contributed by atoms with van der Waals surface area (Å²) in [4.78, 5) is 4.44. The number of hydrogen-bond acceptors (Lipinski definition) is 3. The summed E-state index contributed by atoms with van der Waals surface area (Å²) in [7, 11) is 0. The Labute approximate surface area is 132 Å². The molecule has 0 amide bonds. The zero-order chi connectivity index (χ0) is 14.5. The predicted octanol–water partition coefficient (Wildman–Crippen LogP) is 4.63. The molecule has 0 aliphatic heterocycles. The fraction of sp³-hybridized carbons (Fsp3) is 0.688. The zero-order valence-electron chi connectivity index (χ0n) is 12.6. The van der Waals surface area contributed by atoms with Gasteiger partial charge in [-0.25, -0.2) is 4.98 Å². The smallest absolute Gasteiger partial charge is 0.0964 e. The molecule has 1 aliphatic carbocycles. The third-order valence-corrected chi connectivity index (χ3v) is 5.77. The molecule has 0 aromatic carbocycles. The quantitative estimate of drug-likeness (QED) is 0.858. The summed E-state index contributed by atoms with van der Waals surface area (Å²) in [5.74, 6) is 1.53. The first kappa shape index (κ1) is 16.1. The molecule has 2 rings (SSSR count). The molecule has 0 spiro atoms. The topological polar surface area (TPSA) is 24.9 Å². The molecule has 20 heavy (non-hydrogen) atoms. The van der Waals surface area contributed by atoms with E-state index in [1.165, 1.54) is 19.3 Å². The molecule has 1 saturated carbocycles. The molecule has 2 nitrogen and oxygen atoms in total. The number of nitrogens with one attached hydrogen (secondary N) is 1. The first-order valence-electron chi connectivity index (χ1n) is 7.61. The molecule has 4 unspecified atom stereocenters. The van der Waals surface area contributed by atoms with Crippen LogP contribution in [0.4, 0.5) is 0 Å². The van der Waals surface area contributed by atoms with Crippen LogP contribution >= 0.6 is 23.4 Å². The van der Waals surface area contributed by atoms with Crippen LogP contribution in [0.1, 0.15) is 40.0 Å². The lowest BCUT2D eigenvalue weighted by Gasteiger charge is -2.39. The minimum atomic E-state index is 0.594. The van der Waals surface area contributed by atoms with Crippen molar-refractivity contribution in [3.05, 3.63) is 23.4 Å². The highest BCUT2D eigenvalue weighted by atomic mass is 35.5. The molecular weight excluding hydrogens is 288 g/mol. The fourth-order valence-electron chi connectivity index (χ4n) is 3.13. The monoisotopic (exact) mass is 312 g/mol. The maximum Gasteiger partial charge on any atom is 0.0964 e. The lowest BCUT2D eigenvalue weighted by atomic mass is 9.80. The number of aromatic nitrogens is 1. The highest BCUT2D eigenvalue weighted by Gasteiger charge is 2.34. The van der Waals surface area contributed by atoms with Gasteiger partial charge in [0.2, 0.25) is 0 Å². The van der Waals surface area contributed by atoms with Crippen LogP contribution < -0.4 is 5.32 Å². The number of pyridine rings is 1. The lowest BCUT2D eigenvalue weighted by molar-refractivity contribution is 0.249.